The molecule has 0 bridgehead atoms. The Balaban J connectivity index is 2.73. The lowest BCUT2D eigenvalue weighted by atomic mass is 10.6. The van der Waals surface area contributed by atoms with Gasteiger partial charge in [0.2, 0.25) is 0 Å². The van der Waals surface area contributed by atoms with Gasteiger partial charge in [0, 0.05) is 6.07 Å². The van der Waals surface area contributed by atoms with Gasteiger partial charge in [-0.25, -0.2) is 0 Å². The SMILES string of the molecule is CCOc1ccc([N+](=O)[O-])o1. The van der Waals surface area contributed by atoms with E-state index in [1.54, 1.807) is 6.92 Å². The monoisotopic (exact) mass is 157 g/mol. The van der Waals surface area contributed by atoms with E-state index in [1.165, 1.54) is 12.1 Å². The van der Waals surface area contributed by atoms with Crippen molar-refractivity contribution in [1.29, 1.82) is 0 Å². The van der Waals surface area contributed by atoms with Gasteiger partial charge >= 0.3 is 5.88 Å². The van der Waals surface area contributed by atoms with E-state index in [1.807, 2.05) is 0 Å². The van der Waals surface area contributed by atoms with Crippen LogP contribution >= 0.6 is 0 Å². The summed E-state index contributed by atoms with van der Waals surface area (Å²) >= 11 is 0. The van der Waals surface area contributed by atoms with Crippen molar-refractivity contribution in [3.8, 4) is 5.95 Å². The van der Waals surface area contributed by atoms with Crippen LogP contribution in [0.25, 0.3) is 0 Å². The van der Waals surface area contributed by atoms with Gasteiger partial charge in [-0.1, -0.05) is 0 Å². The Morgan fingerprint density at radius 3 is 2.91 bits per heavy atom. The van der Waals surface area contributed by atoms with E-state index >= 15 is 0 Å². The second-order valence-corrected chi connectivity index (χ2v) is 1.78. The molecule has 0 atom stereocenters. The second kappa shape index (κ2) is 3.05. The molecule has 5 heteroatoms. The maximum Gasteiger partial charge on any atom is 0.436 e. The Bertz CT molecular complexity index is 255. The molecule has 0 aliphatic carbocycles. The minimum atomic E-state index is -0.609. The summed E-state index contributed by atoms with van der Waals surface area (Å²) in [5, 5.41) is 10.1. The fraction of sp³-hybridized carbons (Fsp3) is 0.333. The zero-order valence-corrected chi connectivity index (χ0v) is 5.94. The molecule has 0 saturated carbocycles. The van der Waals surface area contributed by atoms with Gasteiger partial charge in [0.1, 0.15) is 4.92 Å². The molecule has 0 fully saturated rings. The van der Waals surface area contributed by atoms with E-state index in [0.717, 1.165) is 0 Å². The van der Waals surface area contributed by atoms with Crippen molar-refractivity contribution in [2.24, 2.45) is 0 Å². The molecular weight excluding hydrogens is 150 g/mol. The highest BCUT2D eigenvalue weighted by Crippen LogP contribution is 2.21. The van der Waals surface area contributed by atoms with Crippen molar-refractivity contribution >= 4 is 5.88 Å². The summed E-state index contributed by atoms with van der Waals surface area (Å²) in [5.41, 5.74) is 0. The van der Waals surface area contributed by atoms with Crippen LogP contribution in [0.5, 0.6) is 5.95 Å². The van der Waals surface area contributed by atoms with Gasteiger partial charge in [-0.05, 0) is 6.92 Å². The first-order chi connectivity index (χ1) is 5.24. The summed E-state index contributed by atoms with van der Waals surface area (Å²) in [4.78, 5) is 9.47. The van der Waals surface area contributed by atoms with Crippen LogP contribution in [0.1, 0.15) is 6.92 Å². The van der Waals surface area contributed by atoms with Gasteiger partial charge in [-0.2, -0.15) is 0 Å². The van der Waals surface area contributed by atoms with Gasteiger partial charge < -0.3 is 9.15 Å². The maximum atomic E-state index is 10.1. The fourth-order valence-electron chi connectivity index (χ4n) is 0.628. The smallest absolute Gasteiger partial charge is 0.436 e. The Morgan fingerprint density at radius 1 is 1.73 bits per heavy atom. The molecule has 0 radical (unpaired) electrons. The average molecular weight is 157 g/mol. The van der Waals surface area contributed by atoms with Gasteiger partial charge in [0.15, 0.2) is 0 Å². The van der Waals surface area contributed by atoms with Crippen LogP contribution < -0.4 is 4.74 Å². The van der Waals surface area contributed by atoms with Crippen molar-refractivity contribution in [2.45, 2.75) is 6.92 Å². The lowest BCUT2D eigenvalue weighted by Crippen LogP contribution is -1.88. The molecule has 0 amide bonds. The van der Waals surface area contributed by atoms with E-state index in [9.17, 15) is 10.1 Å². The molecule has 0 unspecified atom stereocenters. The van der Waals surface area contributed by atoms with Gasteiger partial charge in [-0.15, -0.1) is 0 Å². The number of hydrogen-bond donors (Lipinski definition) is 0. The van der Waals surface area contributed by atoms with E-state index in [-0.39, 0.29) is 11.8 Å². The molecule has 0 N–H and O–H groups in total. The van der Waals surface area contributed by atoms with Crippen molar-refractivity contribution in [2.75, 3.05) is 6.61 Å². The zero-order chi connectivity index (χ0) is 8.27. The summed E-state index contributed by atoms with van der Waals surface area (Å²) < 4.78 is 9.53. The van der Waals surface area contributed by atoms with Crippen LogP contribution in [0.3, 0.4) is 0 Å². The molecule has 0 aliphatic rings. The number of nitrogens with zero attached hydrogens (tertiary/aromatic N) is 1. The molecule has 1 heterocycles. The van der Waals surface area contributed by atoms with Crippen molar-refractivity contribution in [3.63, 3.8) is 0 Å². The largest absolute Gasteiger partial charge is 0.465 e. The third-order valence-corrected chi connectivity index (χ3v) is 1.03. The van der Waals surface area contributed by atoms with Crippen molar-refractivity contribution < 1.29 is 14.1 Å². The second-order valence-electron chi connectivity index (χ2n) is 1.78. The summed E-state index contributed by atoms with van der Waals surface area (Å²) in [7, 11) is 0. The van der Waals surface area contributed by atoms with E-state index in [2.05, 4.69) is 4.42 Å². The highest BCUT2D eigenvalue weighted by atomic mass is 16.7. The number of furan rings is 1. The Labute approximate surface area is 62.7 Å². The minimum absolute atomic E-state index is 0.180. The zero-order valence-electron chi connectivity index (χ0n) is 5.94. The minimum Gasteiger partial charge on any atom is -0.465 e. The Kier molecular flexibility index (Phi) is 2.10. The predicted molar refractivity (Wildman–Crippen MR) is 36.5 cm³/mol. The fourth-order valence-corrected chi connectivity index (χ4v) is 0.628. The lowest BCUT2D eigenvalue weighted by Gasteiger charge is -1.92. The highest BCUT2D eigenvalue weighted by Gasteiger charge is 2.11. The molecule has 0 saturated heterocycles. The molecule has 60 valence electrons. The maximum absolute atomic E-state index is 10.1. The molecule has 1 rings (SSSR count). The van der Waals surface area contributed by atoms with Gasteiger partial charge in [0.25, 0.3) is 5.95 Å². The van der Waals surface area contributed by atoms with Crippen molar-refractivity contribution in [3.05, 3.63) is 22.2 Å². The third kappa shape index (κ3) is 1.70. The summed E-state index contributed by atoms with van der Waals surface area (Å²) in [5.74, 6) is -0.118. The molecule has 1 aromatic heterocycles. The van der Waals surface area contributed by atoms with Crippen LogP contribution in [-0.2, 0) is 0 Å². The molecule has 11 heavy (non-hydrogen) atoms. The summed E-state index contributed by atoms with van der Waals surface area (Å²) in [6.07, 6.45) is 0. The first kappa shape index (κ1) is 7.59. The van der Waals surface area contributed by atoms with Crippen LogP contribution in [0.4, 0.5) is 5.88 Å². The van der Waals surface area contributed by atoms with Crippen LogP contribution in [0.2, 0.25) is 0 Å². The first-order valence-electron chi connectivity index (χ1n) is 3.11. The lowest BCUT2D eigenvalue weighted by molar-refractivity contribution is -0.402. The van der Waals surface area contributed by atoms with Crippen LogP contribution in [0, 0.1) is 10.1 Å². The van der Waals surface area contributed by atoms with Crippen LogP contribution in [-0.4, -0.2) is 11.5 Å². The average Bonchev–Trinajstić information content (AvgIpc) is 2.37. The molecule has 5 nitrogen and oxygen atoms in total. The van der Waals surface area contributed by atoms with Gasteiger partial charge in [-0.3, -0.25) is 10.1 Å². The van der Waals surface area contributed by atoms with Crippen molar-refractivity contribution in [1.82, 2.24) is 0 Å². The first-order valence-corrected chi connectivity index (χ1v) is 3.11. The summed E-state index contributed by atoms with van der Waals surface area (Å²) in [6.45, 7) is 2.21. The number of ether oxygens (including phenoxy) is 1. The number of nitro groups is 1. The van der Waals surface area contributed by atoms with E-state index in [4.69, 9.17) is 4.74 Å². The molecule has 0 aliphatic heterocycles. The summed E-state index contributed by atoms with van der Waals surface area (Å²) in [6, 6.07) is 2.67. The van der Waals surface area contributed by atoms with Crippen LogP contribution in [0.15, 0.2) is 16.5 Å². The molecule has 1 aromatic rings. The molecular formula is C6H7NO4. The normalized spacial score (nSPS) is 9.55. The Hall–Kier alpha value is -1.52. The highest BCUT2D eigenvalue weighted by molar-refractivity contribution is 5.20. The third-order valence-electron chi connectivity index (χ3n) is 1.03. The molecule has 0 spiro atoms. The van der Waals surface area contributed by atoms with E-state index in [0.29, 0.717) is 6.61 Å². The number of rotatable bonds is 3. The number of hydrogen-bond acceptors (Lipinski definition) is 4. The molecule has 0 aromatic carbocycles. The van der Waals surface area contributed by atoms with E-state index < -0.39 is 4.92 Å². The standard InChI is InChI=1S/C6H7NO4/c1-2-10-6-4-3-5(11-6)7(8)9/h3-4H,2H2,1H3. The Morgan fingerprint density at radius 2 is 2.45 bits per heavy atom. The quantitative estimate of drug-likeness (QED) is 0.493. The van der Waals surface area contributed by atoms with Gasteiger partial charge in [0.05, 0.1) is 12.7 Å². The topological polar surface area (TPSA) is 65.5 Å². The predicted octanol–water partition coefficient (Wildman–Crippen LogP) is 1.59.